The Morgan fingerprint density at radius 3 is 2.90 bits per heavy atom. The van der Waals surface area contributed by atoms with Crippen molar-refractivity contribution in [3.63, 3.8) is 0 Å². The molecule has 4 heteroatoms. The van der Waals surface area contributed by atoms with Crippen molar-refractivity contribution in [3.8, 4) is 5.75 Å². The molecule has 1 aliphatic rings. The molecular formula is C16H18ClNOS. The average Bonchev–Trinajstić information content (AvgIpc) is 2.95. The second-order valence-corrected chi connectivity index (χ2v) is 6.30. The van der Waals surface area contributed by atoms with E-state index in [1.807, 2.05) is 24.3 Å². The Morgan fingerprint density at radius 1 is 1.25 bits per heavy atom. The molecule has 0 amide bonds. The number of nitrogens with one attached hydrogen (secondary N) is 1. The van der Waals surface area contributed by atoms with E-state index in [2.05, 4.69) is 16.1 Å². The Balaban J connectivity index is 1.67. The first kappa shape index (κ1) is 13.9. The fourth-order valence-electron chi connectivity index (χ4n) is 2.66. The predicted octanol–water partition coefficient (Wildman–Crippen LogP) is 4.45. The van der Waals surface area contributed by atoms with E-state index in [4.69, 9.17) is 16.3 Å². The van der Waals surface area contributed by atoms with Gasteiger partial charge in [-0.15, -0.1) is 0 Å². The Labute approximate surface area is 128 Å². The monoisotopic (exact) mass is 307 g/mol. The van der Waals surface area contributed by atoms with Gasteiger partial charge in [-0.1, -0.05) is 17.7 Å². The highest BCUT2D eigenvalue weighted by Crippen LogP contribution is 2.31. The third kappa shape index (κ3) is 3.35. The quantitative estimate of drug-likeness (QED) is 0.901. The van der Waals surface area contributed by atoms with E-state index >= 15 is 0 Å². The first-order chi connectivity index (χ1) is 9.83. The van der Waals surface area contributed by atoms with Crippen molar-refractivity contribution < 1.29 is 4.74 Å². The van der Waals surface area contributed by atoms with Gasteiger partial charge in [-0.25, -0.2) is 0 Å². The van der Waals surface area contributed by atoms with Crippen LogP contribution in [0.2, 0.25) is 5.02 Å². The highest BCUT2D eigenvalue weighted by molar-refractivity contribution is 7.08. The smallest absolute Gasteiger partial charge is 0.121 e. The molecule has 0 aliphatic carbocycles. The Kier molecular flexibility index (Phi) is 4.61. The topological polar surface area (TPSA) is 21.3 Å². The van der Waals surface area contributed by atoms with E-state index < -0.39 is 0 Å². The van der Waals surface area contributed by atoms with Crippen molar-refractivity contribution >= 4 is 22.9 Å². The molecule has 1 aromatic heterocycles. The number of ether oxygens (including phenoxy) is 1. The molecule has 2 nitrogen and oxygen atoms in total. The van der Waals surface area contributed by atoms with Gasteiger partial charge in [0.05, 0.1) is 0 Å². The molecule has 0 radical (unpaired) electrons. The van der Waals surface area contributed by atoms with Crippen molar-refractivity contribution in [1.29, 1.82) is 0 Å². The number of piperidine rings is 1. The van der Waals surface area contributed by atoms with Crippen LogP contribution in [0.3, 0.4) is 0 Å². The molecule has 106 valence electrons. The van der Waals surface area contributed by atoms with E-state index in [1.165, 1.54) is 24.0 Å². The first-order valence-electron chi connectivity index (χ1n) is 6.97. The van der Waals surface area contributed by atoms with Crippen LogP contribution in [0, 0.1) is 0 Å². The molecule has 1 aliphatic heterocycles. The molecule has 0 saturated carbocycles. The SMILES string of the molecule is Clc1cccc(OCc2cscc2C2CCNCC2)c1. The zero-order valence-corrected chi connectivity index (χ0v) is 12.8. The number of halogens is 1. The number of thiophene rings is 1. The molecule has 20 heavy (non-hydrogen) atoms. The minimum Gasteiger partial charge on any atom is -0.489 e. The molecule has 0 atom stereocenters. The summed E-state index contributed by atoms with van der Waals surface area (Å²) in [6.45, 7) is 2.87. The fourth-order valence-corrected chi connectivity index (χ4v) is 3.77. The zero-order valence-electron chi connectivity index (χ0n) is 11.3. The summed E-state index contributed by atoms with van der Waals surface area (Å²) < 4.78 is 5.87. The van der Waals surface area contributed by atoms with Gasteiger partial charge in [-0.2, -0.15) is 11.3 Å². The summed E-state index contributed by atoms with van der Waals surface area (Å²) in [6, 6.07) is 7.58. The molecule has 0 bridgehead atoms. The van der Waals surface area contributed by atoms with Gasteiger partial charge in [-0.05, 0) is 66.4 Å². The van der Waals surface area contributed by atoms with Crippen molar-refractivity contribution in [2.24, 2.45) is 0 Å². The molecule has 1 N–H and O–H groups in total. The lowest BCUT2D eigenvalue weighted by Gasteiger charge is -2.23. The molecule has 0 spiro atoms. The molecule has 3 rings (SSSR count). The third-order valence-corrected chi connectivity index (χ3v) is 4.79. The molecule has 2 heterocycles. The predicted molar refractivity (Wildman–Crippen MR) is 84.9 cm³/mol. The third-order valence-electron chi connectivity index (χ3n) is 3.75. The minimum absolute atomic E-state index is 0.628. The van der Waals surface area contributed by atoms with Gasteiger partial charge in [-0.3, -0.25) is 0 Å². The van der Waals surface area contributed by atoms with Gasteiger partial charge in [0.1, 0.15) is 12.4 Å². The summed E-state index contributed by atoms with van der Waals surface area (Å²) in [7, 11) is 0. The van der Waals surface area contributed by atoms with Gasteiger partial charge >= 0.3 is 0 Å². The van der Waals surface area contributed by atoms with Gasteiger partial charge in [0.25, 0.3) is 0 Å². The Bertz CT molecular complexity index is 563. The lowest BCUT2D eigenvalue weighted by Crippen LogP contribution is -2.26. The van der Waals surface area contributed by atoms with Gasteiger partial charge in [0.2, 0.25) is 0 Å². The van der Waals surface area contributed by atoms with E-state index in [0.29, 0.717) is 17.5 Å². The van der Waals surface area contributed by atoms with Crippen LogP contribution in [-0.4, -0.2) is 13.1 Å². The highest BCUT2D eigenvalue weighted by Gasteiger charge is 2.19. The summed E-state index contributed by atoms with van der Waals surface area (Å²) in [5, 5.41) is 8.63. The molecule has 2 aromatic rings. The number of hydrogen-bond donors (Lipinski definition) is 1. The summed E-state index contributed by atoms with van der Waals surface area (Å²) in [4.78, 5) is 0. The molecule has 1 fully saturated rings. The maximum Gasteiger partial charge on any atom is 0.121 e. The van der Waals surface area contributed by atoms with Crippen LogP contribution in [0.1, 0.15) is 29.9 Å². The maximum atomic E-state index is 5.97. The minimum atomic E-state index is 0.628. The van der Waals surface area contributed by atoms with Crippen LogP contribution < -0.4 is 10.1 Å². The maximum absolute atomic E-state index is 5.97. The molecule has 0 unspecified atom stereocenters. The van der Waals surface area contributed by atoms with Crippen molar-refractivity contribution in [1.82, 2.24) is 5.32 Å². The average molecular weight is 308 g/mol. The summed E-state index contributed by atoms with van der Waals surface area (Å²) in [6.07, 6.45) is 2.45. The second-order valence-electron chi connectivity index (χ2n) is 5.12. The van der Waals surface area contributed by atoms with Crippen LogP contribution in [0.5, 0.6) is 5.75 Å². The number of benzene rings is 1. The van der Waals surface area contributed by atoms with E-state index in [9.17, 15) is 0 Å². The van der Waals surface area contributed by atoms with Gasteiger partial charge in [0.15, 0.2) is 0 Å². The van der Waals surface area contributed by atoms with Crippen LogP contribution >= 0.6 is 22.9 Å². The summed E-state index contributed by atoms with van der Waals surface area (Å²) >= 11 is 7.75. The Morgan fingerprint density at radius 2 is 2.10 bits per heavy atom. The van der Waals surface area contributed by atoms with Crippen LogP contribution in [-0.2, 0) is 6.61 Å². The summed E-state index contributed by atoms with van der Waals surface area (Å²) in [5.41, 5.74) is 2.79. The number of hydrogen-bond acceptors (Lipinski definition) is 3. The molecular weight excluding hydrogens is 290 g/mol. The van der Waals surface area contributed by atoms with E-state index in [0.717, 1.165) is 18.8 Å². The van der Waals surface area contributed by atoms with E-state index in [1.54, 1.807) is 11.3 Å². The normalized spacial score (nSPS) is 16.2. The summed E-state index contributed by atoms with van der Waals surface area (Å²) in [5.74, 6) is 1.51. The first-order valence-corrected chi connectivity index (χ1v) is 8.29. The molecule has 1 saturated heterocycles. The largest absolute Gasteiger partial charge is 0.489 e. The number of rotatable bonds is 4. The van der Waals surface area contributed by atoms with Crippen molar-refractivity contribution in [3.05, 3.63) is 51.2 Å². The second kappa shape index (κ2) is 6.61. The molecule has 1 aromatic carbocycles. The van der Waals surface area contributed by atoms with Crippen LogP contribution in [0.15, 0.2) is 35.0 Å². The van der Waals surface area contributed by atoms with Gasteiger partial charge in [0, 0.05) is 10.6 Å². The lowest BCUT2D eigenvalue weighted by atomic mass is 9.90. The van der Waals surface area contributed by atoms with Crippen molar-refractivity contribution in [2.75, 3.05) is 13.1 Å². The van der Waals surface area contributed by atoms with Crippen LogP contribution in [0.4, 0.5) is 0 Å². The zero-order chi connectivity index (χ0) is 13.8. The Hall–Kier alpha value is -1.03. The highest BCUT2D eigenvalue weighted by atomic mass is 35.5. The van der Waals surface area contributed by atoms with Crippen LogP contribution in [0.25, 0.3) is 0 Å². The van der Waals surface area contributed by atoms with Crippen molar-refractivity contribution in [2.45, 2.75) is 25.4 Å². The fraction of sp³-hybridized carbons (Fsp3) is 0.375. The van der Waals surface area contributed by atoms with E-state index in [-0.39, 0.29) is 0 Å². The van der Waals surface area contributed by atoms with Gasteiger partial charge < -0.3 is 10.1 Å². The lowest BCUT2D eigenvalue weighted by molar-refractivity contribution is 0.303. The standard InChI is InChI=1S/C16H18ClNOS/c17-14-2-1-3-15(8-14)19-9-13-10-20-11-16(13)12-4-6-18-7-5-12/h1-3,8,10-12,18H,4-7,9H2.